The summed E-state index contributed by atoms with van der Waals surface area (Å²) >= 11 is 1.66. The molecule has 1 aliphatic heterocycles. The van der Waals surface area contributed by atoms with E-state index >= 15 is 0 Å². The maximum atomic E-state index is 14.3. The molecule has 25 heavy (non-hydrogen) atoms. The summed E-state index contributed by atoms with van der Waals surface area (Å²) in [6.45, 7) is 4.14. The third-order valence-electron chi connectivity index (χ3n) is 4.63. The number of halogens is 1. The highest BCUT2D eigenvalue weighted by Crippen LogP contribution is 2.22. The number of rotatable bonds is 7. The Morgan fingerprint density at radius 1 is 1.36 bits per heavy atom. The molecule has 1 atom stereocenters. The molecule has 0 amide bonds. The molecular weight excluding hydrogens is 341 g/mol. The zero-order valence-electron chi connectivity index (χ0n) is 14.4. The van der Waals surface area contributed by atoms with E-state index in [1.165, 1.54) is 13.2 Å². The molecule has 3 rings (SSSR count). The molecule has 136 valence electrons. The maximum absolute atomic E-state index is 14.3. The van der Waals surface area contributed by atoms with Gasteiger partial charge in [-0.25, -0.2) is 9.37 Å². The van der Waals surface area contributed by atoms with Crippen LogP contribution in [-0.4, -0.2) is 59.3 Å². The predicted molar refractivity (Wildman–Crippen MR) is 96.2 cm³/mol. The van der Waals surface area contributed by atoms with Gasteiger partial charge in [0, 0.05) is 62.0 Å². The van der Waals surface area contributed by atoms with Crippen molar-refractivity contribution in [3.8, 4) is 5.75 Å². The highest BCUT2D eigenvalue weighted by atomic mass is 32.1. The van der Waals surface area contributed by atoms with Gasteiger partial charge in [-0.15, -0.1) is 11.3 Å². The Labute approximate surface area is 151 Å². The van der Waals surface area contributed by atoms with Crippen LogP contribution in [0.25, 0.3) is 0 Å². The molecule has 1 N–H and O–H groups in total. The first kappa shape index (κ1) is 18.3. The number of aliphatic hydroxyl groups excluding tert-OH is 1. The van der Waals surface area contributed by atoms with Crippen molar-refractivity contribution in [3.05, 3.63) is 46.2 Å². The maximum Gasteiger partial charge on any atom is 0.131 e. The van der Waals surface area contributed by atoms with Crippen LogP contribution in [0.1, 0.15) is 17.0 Å². The molecule has 1 aromatic heterocycles. The molecule has 1 saturated heterocycles. The summed E-state index contributed by atoms with van der Waals surface area (Å²) in [5.41, 5.74) is 0.664. The van der Waals surface area contributed by atoms with E-state index < -0.39 is 0 Å². The van der Waals surface area contributed by atoms with Gasteiger partial charge in [0.15, 0.2) is 0 Å². The fraction of sp³-hybridized carbons (Fsp3) is 0.500. The summed E-state index contributed by atoms with van der Waals surface area (Å²) in [4.78, 5) is 8.97. The average Bonchev–Trinajstić information content (AvgIpc) is 3.12. The summed E-state index contributed by atoms with van der Waals surface area (Å²) < 4.78 is 19.3. The van der Waals surface area contributed by atoms with Gasteiger partial charge in [-0.05, 0) is 12.5 Å². The number of aliphatic hydroxyl groups is 1. The Bertz CT molecular complexity index is 668. The van der Waals surface area contributed by atoms with Crippen molar-refractivity contribution in [2.75, 3.05) is 33.4 Å². The zero-order chi connectivity index (χ0) is 17.6. The number of aromatic nitrogens is 1. The van der Waals surface area contributed by atoms with E-state index in [2.05, 4.69) is 14.8 Å². The van der Waals surface area contributed by atoms with Gasteiger partial charge in [0.25, 0.3) is 0 Å². The minimum atomic E-state index is -0.243. The lowest BCUT2D eigenvalue weighted by atomic mass is 10.1. The number of ether oxygens (including phenoxy) is 1. The van der Waals surface area contributed by atoms with Gasteiger partial charge in [-0.1, -0.05) is 6.07 Å². The van der Waals surface area contributed by atoms with E-state index in [0.29, 0.717) is 24.3 Å². The second-order valence-corrected chi connectivity index (χ2v) is 7.23. The molecule has 7 heteroatoms. The topological polar surface area (TPSA) is 48.8 Å². The van der Waals surface area contributed by atoms with Crippen molar-refractivity contribution in [1.29, 1.82) is 0 Å². The molecule has 0 radical (unpaired) electrons. The molecule has 1 fully saturated rings. The van der Waals surface area contributed by atoms with Crippen molar-refractivity contribution >= 4 is 11.3 Å². The minimum Gasteiger partial charge on any atom is -0.497 e. The van der Waals surface area contributed by atoms with Gasteiger partial charge < -0.3 is 9.84 Å². The molecule has 5 nitrogen and oxygen atoms in total. The Morgan fingerprint density at radius 2 is 2.24 bits per heavy atom. The molecule has 0 saturated carbocycles. The number of nitrogens with zero attached hydrogens (tertiary/aromatic N) is 3. The Morgan fingerprint density at radius 3 is 2.92 bits per heavy atom. The number of hydrogen-bond acceptors (Lipinski definition) is 6. The van der Waals surface area contributed by atoms with Crippen LogP contribution < -0.4 is 4.74 Å². The van der Waals surface area contributed by atoms with E-state index in [0.717, 1.165) is 31.2 Å². The van der Waals surface area contributed by atoms with E-state index in [9.17, 15) is 9.50 Å². The highest BCUT2D eigenvalue weighted by molar-refractivity contribution is 7.09. The summed E-state index contributed by atoms with van der Waals surface area (Å²) in [6, 6.07) is 5.21. The predicted octanol–water partition coefficient (Wildman–Crippen LogP) is 2.36. The molecule has 0 bridgehead atoms. The molecule has 1 unspecified atom stereocenters. The first-order valence-corrected chi connectivity index (χ1v) is 9.35. The number of hydrogen-bond donors (Lipinski definition) is 1. The fourth-order valence-electron chi connectivity index (χ4n) is 3.26. The van der Waals surface area contributed by atoms with Crippen LogP contribution in [0, 0.1) is 5.82 Å². The van der Waals surface area contributed by atoms with Crippen LogP contribution in [0.3, 0.4) is 0 Å². The monoisotopic (exact) mass is 365 g/mol. The molecule has 0 spiro atoms. The van der Waals surface area contributed by atoms with Crippen LogP contribution in [0.5, 0.6) is 5.75 Å². The lowest BCUT2D eigenvalue weighted by Gasteiger charge is -2.41. The number of methoxy groups -OCH3 is 1. The standard InChI is InChI=1S/C18H24FN3O2S/c1-24-16-3-2-14(17(19)10-16)11-22-7-6-21(12-15(22)4-8-23)13-18-20-5-9-25-18/h2-3,5,9-10,15,23H,4,6-8,11-13H2,1H3. The SMILES string of the molecule is COc1ccc(CN2CCN(Cc3nccs3)CC2CCO)c(F)c1. The quantitative estimate of drug-likeness (QED) is 0.816. The highest BCUT2D eigenvalue weighted by Gasteiger charge is 2.27. The van der Waals surface area contributed by atoms with Gasteiger partial charge in [0.1, 0.15) is 16.6 Å². The summed E-state index contributed by atoms with van der Waals surface area (Å²) in [5.74, 6) is 0.286. The van der Waals surface area contributed by atoms with E-state index in [1.807, 2.05) is 11.6 Å². The summed E-state index contributed by atoms with van der Waals surface area (Å²) in [7, 11) is 1.54. The summed E-state index contributed by atoms with van der Waals surface area (Å²) in [5, 5.41) is 12.5. The summed E-state index contributed by atoms with van der Waals surface area (Å²) in [6.07, 6.45) is 2.51. The van der Waals surface area contributed by atoms with Crippen LogP contribution in [0.15, 0.2) is 29.8 Å². The van der Waals surface area contributed by atoms with E-state index in [-0.39, 0.29) is 18.5 Å². The zero-order valence-corrected chi connectivity index (χ0v) is 15.2. The van der Waals surface area contributed by atoms with Crippen LogP contribution in [0.4, 0.5) is 4.39 Å². The molecule has 2 heterocycles. The second-order valence-electron chi connectivity index (χ2n) is 6.25. The minimum absolute atomic E-state index is 0.136. The normalized spacial score (nSPS) is 19.2. The van der Waals surface area contributed by atoms with Gasteiger partial charge >= 0.3 is 0 Å². The lowest BCUT2D eigenvalue weighted by Crippen LogP contribution is -2.52. The Kier molecular flexibility index (Phi) is 6.36. The molecule has 1 aliphatic rings. The van der Waals surface area contributed by atoms with Crippen LogP contribution in [0.2, 0.25) is 0 Å². The molecule has 1 aromatic carbocycles. The number of benzene rings is 1. The second kappa shape index (κ2) is 8.71. The Balaban J connectivity index is 1.64. The fourth-order valence-corrected chi connectivity index (χ4v) is 3.91. The Hall–Kier alpha value is -1.54. The van der Waals surface area contributed by atoms with Gasteiger partial charge in [0.2, 0.25) is 0 Å². The van der Waals surface area contributed by atoms with Gasteiger partial charge in [-0.3, -0.25) is 9.80 Å². The molecule has 2 aromatic rings. The third-order valence-corrected chi connectivity index (χ3v) is 5.39. The van der Waals surface area contributed by atoms with Crippen LogP contribution in [-0.2, 0) is 13.1 Å². The average molecular weight is 365 g/mol. The van der Waals surface area contributed by atoms with Crippen molar-refractivity contribution in [3.63, 3.8) is 0 Å². The van der Waals surface area contributed by atoms with E-state index in [4.69, 9.17) is 4.74 Å². The number of thiazole rings is 1. The third kappa shape index (κ3) is 4.76. The van der Waals surface area contributed by atoms with Gasteiger partial charge in [-0.2, -0.15) is 0 Å². The van der Waals surface area contributed by atoms with Crippen molar-refractivity contribution in [1.82, 2.24) is 14.8 Å². The molecule has 0 aliphatic carbocycles. The first-order chi connectivity index (χ1) is 12.2. The van der Waals surface area contributed by atoms with Gasteiger partial charge in [0.05, 0.1) is 13.7 Å². The smallest absolute Gasteiger partial charge is 0.131 e. The van der Waals surface area contributed by atoms with E-state index in [1.54, 1.807) is 23.5 Å². The largest absolute Gasteiger partial charge is 0.497 e. The lowest BCUT2D eigenvalue weighted by molar-refractivity contribution is 0.0492. The van der Waals surface area contributed by atoms with Crippen molar-refractivity contribution in [2.24, 2.45) is 0 Å². The molecular formula is C18H24FN3O2S. The van der Waals surface area contributed by atoms with Crippen molar-refractivity contribution < 1.29 is 14.2 Å². The first-order valence-electron chi connectivity index (χ1n) is 8.47. The van der Waals surface area contributed by atoms with Crippen molar-refractivity contribution in [2.45, 2.75) is 25.6 Å². The van der Waals surface area contributed by atoms with Crippen LogP contribution >= 0.6 is 11.3 Å². The number of piperazine rings is 1.